The molecule has 0 aliphatic carbocycles. The van der Waals surface area contributed by atoms with Gasteiger partial charge >= 0.3 is 11.9 Å². The first kappa shape index (κ1) is 13.0. The number of carbonyl (C=O) groups excluding carboxylic acids is 2. The van der Waals surface area contributed by atoms with Gasteiger partial charge in [0.25, 0.3) is 0 Å². The van der Waals surface area contributed by atoms with Gasteiger partial charge in [-0.15, -0.1) is 0 Å². The summed E-state index contributed by atoms with van der Waals surface area (Å²) >= 11 is 0. The molecule has 17 heavy (non-hydrogen) atoms. The van der Waals surface area contributed by atoms with Crippen molar-refractivity contribution in [1.29, 1.82) is 0 Å². The maximum atomic E-state index is 11.1. The molecule has 0 aromatic carbocycles. The Hall–Kier alpha value is -2.11. The fraction of sp³-hybridized carbons (Fsp3) is 0.364. The van der Waals surface area contributed by atoms with E-state index in [1.165, 1.54) is 19.6 Å². The van der Waals surface area contributed by atoms with Gasteiger partial charge < -0.3 is 14.0 Å². The van der Waals surface area contributed by atoms with Crippen LogP contribution in [-0.2, 0) is 20.8 Å². The minimum absolute atomic E-state index is 0.197. The van der Waals surface area contributed by atoms with Crippen LogP contribution in [0.15, 0.2) is 24.7 Å². The number of methoxy groups -OCH3 is 1. The highest BCUT2D eigenvalue weighted by atomic mass is 16.5. The van der Waals surface area contributed by atoms with E-state index in [1.807, 2.05) is 0 Å². The van der Waals surface area contributed by atoms with Crippen molar-refractivity contribution in [1.82, 2.24) is 9.55 Å². The van der Waals surface area contributed by atoms with Crippen molar-refractivity contribution in [2.45, 2.75) is 13.5 Å². The second-order valence-electron chi connectivity index (χ2n) is 3.40. The minimum Gasteiger partial charge on any atom is -0.464 e. The molecule has 0 bridgehead atoms. The topological polar surface area (TPSA) is 70.4 Å². The molecule has 0 aliphatic rings. The zero-order valence-electron chi connectivity index (χ0n) is 9.80. The van der Waals surface area contributed by atoms with E-state index in [-0.39, 0.29) is 12.3 Å². The van der Waals surface area contributed by atoms with Gasteiger partial charge in [0, 0.05) is 11.8 Å². The van der Waals surface area contributed by atoms with Crippen LogP contribution in [-0.4, -0.2) is 35.2 Å². The molecule has 1 aromatic heterocycles. The van der Waals surface area contributed by atoms with Crippen LogP contribution >= 0.6 is 0 Å². The molecule has 92 valence electrons. The van der Waals surface area contributed by atoms with Gasteiger partial charge in [-0.2, -0.15) is 0 Å². The maximum Gasteiger partial charge on any atom is 0.358 e. The number of rotatable bonds is 5. The second kappa shape index (κ2) is 5.83. The molecule has 0 amide bonds. The third-order valence-electron chi connectivity index (χ3n) is 1.96. The first-order valence-electron chi connectivity index (χ1n) is 4.97. The fourth-order valence-corrected chi connectivity index (χ4v) is 1.06. The zero-order valence-corrected chi connectivity index (χ0v) is 9.80. The van der Waals surface area contributed by atoms with E-state index in [0.717, 1.165) is 0 Å². The molecular weight excluding hydrogens is 224 g/mol. The number of carbonyl (C=O) groups is 2. The van der Waals surface area contributed by atoms with Crippen molar-refractivity contribution in [2.24, 2.45) is 0 Å². The number of imidazole rings is 1. The highest BCUT2D eigenvalue weighted by Crippen LogP contribution is 1.99. The Balaban J connectivity index is 2.43. The molecule has 0 spiro atoms. The third-order valence-corrected chi connectivity index (χ3v) is 1.96. The molecule has 1 rings (SSSR count). The lowest BCUT2D eigenvalue weighted by Crippen LogP contribution is -2.10. The van der Waals surface area contributed by atoms with Crippen molar-refractivity contribution in [3.63, 3.8) is 0 Å². The van der Waals surface area contributed by atoms with Crippen LogP contribution in [0.25, 0.3) is 0 Å². The number of hydrogen-bond donors (Lipinski definition) is 0. The number of hydrogen-bond acceptors (Lipinski definition) is 5. The molecule has 0 saturated carbocycles. The smallest absolute Gasteiger partial charge is 0.358 e. The van der Waals surface area contributed by atoms with Gasteiger partial charge in [0.05, 0.1) is 20.0 Å². The van der Waals surface area contributed by atoms with Crippen molar-refractivity contribution in [2.75, 3.05) is 13.7 Å². The zero-order chi connectivity index (χ0) is 12.8. The number of esters is 2. The van der Waals surface area contributed by atoms with Crippen LogP contribution in [0.1, 0.15) is 17.4 Å². The number of aromatic nitrogens is 2. The Morgan fingerprint density at radius 2 is 2.24 bits per heavy atom. The Kier molecular flexibility index (Phi) is 4.45. The molecule has 0 fully saturated rings. The standard InChI is InChI=1S/C11H14N2O4/c1-8(2)10(14)17-5-4-13-6-9(12-7-13)11(15)16-3/h6-7H,1,4-5H2,2-3H3. The Labute approximate surface area is 98.9 Å². The van der Waals surface area contributed by atoms with Crippen LogP contribution in [0.4, 0.5) is 0 Å². The fourth-order valence-electron chi connectivity index (χ4n) is 1.06. The molecule has 1 aromatic rings. The first-order chi connectivity index (χ1) is 8.04. The minimum atomic E-state index is -0.498. The lowest BCUT2D eigenvalue weighted by atomic mass is 10.4. The molecule has 6 heteroatoms. The van der Waals surface area contributed by atoms with Crippen LogP contribution in [0.2, 0.25) is 0 Å². The average molecular weight is 238 g/mol. The van der Waals surface area contributed by atoms with Gasteiger partial charge in [0.2, 0.25) is 0 Å². The van der Waals surface area contributed by atoms with E-state index in [1.54, 1.807) is 11.5 Å². The SMILES string of the molecule is C=C(C)C(=O)OCCn1cnc(C(=O)OC)c1. The average Bonchev–Trinajstić information content (AvgIpc) is 2.76. The molecule has 0 saturated heterocycles. The van der Waals surface area contributed by atoms with Gasteiger partial charge in [-0.1, -0.05) is 6.58 Å². The molecule has 0 N–H and O–H groups in total. The predicted octanol–water partition coefficient (Wildman–Crippen LogP) is 0.789. The van der Waals surface area contributed by atoms with Crippen molar-refractivity contribution in [3.8, 4) is 0 Å². The van der Waals surface area contributed by atoms with Crippen LogP contribution in [0.3, 0.4) is 0 Å². The van der Waals surface area contributed by atoms with E-state index >= 15 is 0 Å². The monoisotopic (exact) mass is 238 g/mol. The number of nitrogens with zero attached hydrogens (tertiary/aromatic N) is 2. The van der Waals surface area contributed by atoms with Crippen LogP contribution in [0, 0.1) is 0 Å². The molecule has 0 unspecified atom stereocenters. The second-order valence-corrected chi connectivity index (χ2v) is 3.40. The summed E-state index contributed by atoms with van der Waals surface area (Å²) in [6.45, 7) is 5.66. The normalized spacial score (nSPS) is 9.76. The van der Waals surface area contributed by atoms with Crippen LogP contribution in [0.5, 0.6) is 0 Å². The van der Waals surface area contributed by atoms with Crippen molar-refractivity contribution in [3.05, 3.63) is 30.4 Å². The molecule has 0 radical (unpaired) electrons. The summed E-state index contributed by atoms with van der Waals surface area (Å²) in [5.41, 5.74) is 0.574. The lowest BCUT2D eigenvalue weighted by Gasteiger charge is -2.04. The first-order valence-corrected chi connectivity index (χ1v) is 4.97. The Morgan fingerprint density at radius 1 is 1.53 bits per heavy atom. The third kappa shape index (κ3) is 3.75. The van der Waals surface area contributed by atoms with Crippen LogP contribution < -0.4 is 0 Å². The summed E-state index contributed by atoms with van der Waals surface area (Å²) in [5, 5.41) is 0. The van der Waals surface area contributed by atoms with Gasteiger partial charge in [-0.05, 0) is 6.92 Å². The quantitative estimate of drug-likeness (QED) is 0.560. The predicted molar refractivity (Wildman–Crippen MR) is 59.3 cm³/mol. The molecule has 1 heterocycles. The summed E-state index contributed by atoms with van der Waals surface area (Å²) in [4.78, 5) is 26.0. The summed E-state index contributed by atoms with van der Waals surface area (Å²) in [5.74, 6) is -0.930. The van der Waals surface area contributed by atoms with Gasteiger partial charge in [0.1, 0.15) is 6.61 Å². The maximum absolute atomic E-state index is 11.1. The number of ether oxygens (including phenoxy) is 2. The van der Waals surface area contributed by atoms with E-state index in [4.69, 9.17) is 4.74 Å². The van der Waals surface area contributed by atoms with E-state index in [9.17, 15) is 9.59 Å². The van der Waals surface area contributed by atoms with E-state index in [2.05, 4.69) is 16.3 Å². The molecular formula is C11H14N2O4. The van der Waals surface area contributed by atoms with Crippen molar-refractivity contribution >= 4 is 11.9 Å². The summed E-state index contributed by atoms with van der Waals surface area (Å²) in [6.07, 6.45) is 3.00. The highest BCUT2D eigenvalue weighted by molar-refractivity contribution is 5.87. The van der Waals surface area contributed by atoms with Gasteiger partial charge in [0.15, 0.2) is 5.69 Å². The summed E-state index contributed by atoms with van der Waals surface area (Å²) in [7, 11) is 1.29. The molecule has 0 aliphatic heterocycles. The molecule has 6 nitrogen and oxygen atoms in total. The Morgan fingerprint density at radius 3 is 2.82 bits per heavy atom. The van der Waals surface area contributed by atoms with Gasteiger partial charge in [-0.3, -0.25) is 0 Å². The lowest BCUT2D eigenvalue weighted by molar-refractivity contribution is -0.139. The van der Waals surface area contributed by atoms with E-state index in [0.29, 0.717) is 12.1 Å². The summed E-state index contributed by atoms with van der Waals surface area (Å²) in [6, 6.07) is 0. The largest absolute Gasteiger partial charge is 0.464 e. The van der Waals surface area contributed by atoms with E-state index < -0.39 is 11.9 Å². The van der Waals surface area contributed by atoms with Gasteiger partial charge in [-0.25, -0.2) is 14.6 Å². The molecule has 0 atom stereocenters. The summed E-state index contributed by atoms with van der Waals surface area (Å²) < 4.78 is 11.0. The highest BCUT2D eigenvalue weighted by Gasteiger charge is 2.09. The van der Waals surface area contributed by atoms with Crippen molar-refractivity contribution < 1.29 is 19.1 Å². The Bertz CT molecular complexity index is 436.